The molecule has 23 heavy (non-hydrogen) atoms. The number of ether oxygens (including phenoxy) is 2. The Bertz CT molecular complexity index is 573. The number of nitrogens with one attached hydrogen (secondary N) is 2. The van der Waals surface area contributed by atoms with Crippen LogP contribution in [0.25, 0.3) is 0 Å². The van der Waals surface area contributed by atoms with E-state index in [-0.39, 0.29) is 5.75 Å². The highest BCUT2D eigenvalue weighted by Gasteiger charge is 2.10. The van der Waals surface area contributed by atoms with Gasteiger partial charge in [0.15, 0.2) is 0 Å². The Balaban J connectivity index is 2.16. The van der Waals surface area contributed by atoms with Crippen LogP contribution in [-0.2, 0) is 22.7 Å². The molecular weight excluding hydrogens is 292 g/mol. The molecule has 0 bridgehead atoms. The first-order chi connectivity index (χ1) is 11.2. The Morgan fingerprint density at radius 2 is 1.35 bits per heavy atom. The van der Waals surface area contributed by atoms with Crippen LogP contribution in [0.5, 0.6) is 5.75 Å². The summed E-state index contributed by atoms with van der Waals surface area (Å²) in [5.41, 5.74) is 9.56. The minimum absolute atomic E-state index is 0.233. The molecule has 0 saturated carbocycles. The number of hydrogen-bond donors (Lipinski definition) is 3. The second kappa shape index (κ2) is 9.02. The molecule has 2 aromatic carbocycles. The number of benzene rings is 2. The monoisotopic (exact) mass is 316 g/mol. The summed E-state index contributed by atoms with van der Waals surface area (Å²) in [4.78, 5) is 0. The topological polar surface area (TPSA) is 62.8 Å². The van der Waals surface area contributed by atoms with Crippen LogP contribution in [0.4, 0.5) is 11.4 Å². The van der Waals surface area contributed by atoms with Crippen molar-refractivity contribution in [2.75, 3.05) is 24.1 Å². The van der Waals surface area contributed by atoms with Gasteiger partial charge in [0, 0.05) is 24.3 Å². The van der Waals surface area contributed by atoms with E-state index in [2.05, 4.69) is 10.9 Å². The summed E-state index contributed by atoms with van der Waals surface area (Å²) < 4.78 is 10.9. The van der Waals surface area contributed by atoms with E-state index in [9.17, 15) is 5.11 Å². The van der Waals surface area contributed by atoms with Crippen molar-refractivity contribution in [3.05, 3.63) is 53.6 Å². The van der Waals surface area contributed by atoms with Gasteiger partial charge in [0.05, 0.1) is 24.6 Å². The highest BCUT2D eigenvalue weighted by atomic mass is 16.5. The molecule has 0 aliphatic rings. The Kier molecular flexibility index (Phi) is 6.72. The van der Waals surface area contributed by atoms with Gasteiger partial charge in [-0.25, -0.2) is 0 Å². The second-order valence-corrected chi connectivity index (χ2v) is 5.03. The van der Waals surface area contributed by atoms with E-state index in [1.807, 2.05) is 56.3 Å². The minimum Gasteiger partial charge on any atom is -0.507 e. The van der Waals surface area contributed by atoms with Crippen molar-refractivity contribution >= 4 is 11.4 Å². The van der Waals surface area contributed by atoms with Gasteiger partial charge in [-0.05, 0) is 38.1 Å². The van der Waals surface area contributed by atoms with Crippen molar-refractivity contribution in [3.63, 3.8) is 0 Å². The van der Waals surface area contributed by atoms with Crippen LogP contribution in [0.2, 0.25) is 0 Å². The Morgan fingerprint density at radius 3 is 1.87 bits per heavy atom. The van der Waals surface area contributed by atoms with Gasteiger partial charge in [-0.1, -0.05) is 18.2 Å². The Labute approximate surface area is 137 Å². The number of rotatable bonds is 9. The molecule has 0 atom stereocenters. The predicted octanol–water partition coefficient (Wildman–Crippen LogP) is 3.90. The average Bonchev–Trinajstić information content (AvgIpc) is 2.59. The van der Waals surface area contributed by atoms with E-state index >= 15 is 0 Å². The molecule has 5 nitrogen and oxygen atoms in total. The molecule has 0 amide bonds. The van der Waals surface area contributed by atoms with Crippen LogP contribution < -0.4 is 10.9 Å². The zero-order chi connectivity index (χ0) is 16.5. The number of hydrazine groups is 1. The molecule has 2 aromatic rings. The lowest BCUT2D eigenvalue weighted by atomic mass is 10.1. The zero-order valence-corrected chi connectivity index (χ0v) is 13.6. The third-order valence-corrected chi connectivity index (χ3v) is 3.32. The van der Waals surface area contributed by atoms with Crippen molar-refractivity contribution < 1.29 is 14.6 Å². The van der Waals surface area contributed by atoms with Crippen molar-refractivity contribution in [1.82, 2.24) is 0 Å². The van der Waals surface area contributed by atoms with Crippen LogP contribution in [0, 0.1) is 0 Å². The maximum atomic E-state index is 10.3. The fourth-order valence-corrected chi connectivity index (χ4v) is 2.14. The van der Waals surface area contributed by atoms with Gasteiger partial charge in [-0.3, -0.25) is 0 Å². The SMILES string of the molecule is CCOCc1cc(NNc2ccccc2)cc(COCC)c1O. The number of hydrogen-bond acceptors (Lipinski definition) is 5. The molecule has 0 aromatic heterocycles. The van der Waals surface area contributed by atoms with Crippen LogP contribution in [-0.4, -0.2) is 18.3 Å². The largest absolute Gasteiger partial charge is 0.507 e. The summed E-state index contributed by atoms with van der Waals surface area (Å²) >= 11 is 0. The van der Waals surface area contributed by atoms with E-state index in [0.29, 0.717) is 26.4 Å². The van der Waals surface area contributed by atoms with Gasteiger partial charge < -0.3 is 25.4 Å². The minimum atomic E-state index is 0.233. The molecule has 124 valence electrons. The van der Waals surface area contributed by atoms with E-state index in [4.69, 9.17) is 9.47 Å². The molecule has 0 radical (unpaired) electrons. The van der Waals surface area contributed by atoms with Crippen LogP contribution in [0.15, 0.2) is 42.5 Å². The maximum absolute atomic E-state index is 10.3. The quantitative estimate of drug-likeness (QED) is 0.484. The lowest BCUT2D eigenvalue weighted by Gasteiger charge is -2.15. The molecule has 0 aliphatic heterocycles. The van der Waals surface area contributed by atoms with Gasteiger partial charge in [0.1, 0.15) is 5.75 Å². The number of aromatic hydroxyl groups is 1. The van der Waals surface area contributed by atoms with Gasteiger partial charge >= 0.3 is 0 Å². The molecular formula is C18H24N2O3. The standard InChI is InChI=1S/C18H24N2O3/c1-3-22-12-14-10-17(11-15(18(14)21)13-23-4-2)20-19-16-8-6-5-7-9-16/h5-11,19-21H,3-4,12-13H2,1-2H3. The van der Waals surface area contributed by atoms with Gasteiger partial charge in [0.25, 0.3) is 0 Å². The van der Waals surface area contributed by atoms with E-state index in [0.717, 1.165) is 22.5 Å². The summed E-state index contributed by atoms with van der Waals surface area (Å²) in [6.07, 6.45) is 0. The summed E-state index contributed by atoms with van der Waals surface area (Å²) in [6, 6.07) is 13.6. The van der Waals surface area contributed by atoms with Crippen LogP contribution in [0.1, 0.15) is 25.0 Å². The summed E-state index contributed by atoms with van der Waals surface area (Å²) in [6.45, 7) is 5.78. The average molecular weight is 316 g/mol. The molecule has 0 saturated heterocycles. The predicted molar refractivity (Wildman–Crippen MR) is 92.5 cm³/mol. The van der Waals surface area contributed by atoms with Crippen molar-refractivity contribution in [3.8, 4) is 5.75 Å². The fourth-order valence-electron chi connectivity index (χ4n) is 2.14. The van der Waals surface area contributed by atoms with E-state index < -0.39 is 0 Å². The molecule has 3 N–H and O–H groups in total. The third-order valence-electron chi connectivity index (χ3n) is 3.32. The maximum Gasteiger partial charge on any atom is 0.126 e. The molecule has 0 unspecified atom stereocenters. The number of anilines is 2. The summed E-state index contributed by atoms with van der Waals surface area (Å²) in [7, 11) is 0. The smallest absolute Gasteiger partial charge is 0.126 e. The molecule has 5 heteroatoms. The molecule has 0 heterocycles. The van der Waals surface area contributed by atoms with Crippen molar-refractivity contribution in [2.24, 2.45) is 0 Å². The second-order valence-electron chi connectivity index (χ2n) is 5.03. The highest BCUT2D eigenvalue weighted by Crippen LogP contribution is 2.28. The van der Waals surface area contributed by atoms with E-state index in [1.165, 1.54) is 0 Å². The Morgan fingerprint density at radius 1 is 0.826 bits per heavy atom. The van der Waals surface area contributed by atoms with E-state index in [1.54, 1.807) is 0 Å². The van der Waals surface area contributed by atoms with Crippen LogP contribution in [0.3, 0.4) is 0 Å². The first kappa shape index (κ1) is 17.1. The van der Waals surface area contributed by atoms with Crippen molar-refractivity contribution in [1.29, 1.82) is 0 Å². The Hall–Kier alpha value is -2.24. The lowest BCUT2D eigenvalue weighted by molar-refractivity contribution is 0.126. The first-order valence-corrected chi connectivity index (χ1v) is 7.82. The third kappa shape index (κ3) is 5.16. The summed E-state index contributed by atoms with van der Waals surface area (Å²) in [5.74, 6) is 0.233. The number of para-hydroxylation sites is 1. The summed E-state index contributed by atoms with van der Waals surface area (Å²) in [5, 5.41) is 10.3. The highest BCUT2D eigenvalue weighted by molar-refractivity contribution is 5.58. The van der Waals surface area contributed by atoms with Gasteiger partial charge in [-0.15, -0.1) is 0 Å². The fraction of sp³-hybridized carbons (Fsp3) is 0.333. The molecule has 0 aliphatic carbocycles. The van der Waals surface area contributed by atoms with Gasteiger partial charge in [0.2, 0.25) is 0 Å². The van der Waals surface area contributed by atoms with Gasteiger partial charge in [-0.2, -0.15) is 0 Å². The van der Waals surface area contributed by atoms with Crippen LogP contribution >= 0.6 is 0 Å². The first-order valence-electron chi connectivity index (χ1n) is 7.82. The normalized spacial score (nSPS) is 10.5. The molecule has 0 fully saturated rings. The molecule has 0 spiro atoms. The number of phenols is 1. The lowest BCUT2D eigenvalue weighted by Crippen LogP contribution is -2.10. The van der Waals surface area contributed by atoms with Crippen molar-refractivity contribution in [2.45, 2.75) is 27.1 Å². The zero-order valence-electron chi connectivity index (χ0n) is 13.6. The molecule has 2 rings (SSSR count). The number of phenolic OH excluding ortho intramolecular Hbond substituents is 1.